The number of aromatic nitrogens is 2. The highest BCUT2D eigenvalue weighted by Gasteiger charge is 2.61. The number of aryl methyl sites for hydroxylation is 1. The Morgan fingerprint density at radius 3 is 2.46 bits per heavy atom. The number of nitrogens with zero attached hydrogens (tertiary/aromatic N) is 2. The van der Waals surface area contributed by atoms with Gasteiger partial charge >= 0.3 is 17.9 Å². The van der Waals surface area contributed by atoms with Crippen LogP contribution in [0.5, 0.6) is 5.75 Å². The number of phenolic OH excluding ortho intramolecular Hbond substituents is 1. The molecule has 70 heavy (non-hydrogen) atoms. The molecule has 0 saturated heterocycles. The van der Waals surface area contributed by atoms with Crippen LogP contribution in [-0.4, -0.2) is 82.0 Å². The van der Waals surface area contributed by atoms with E-state index in [-0.39, 0.29) is 42.6 Å². The van der Waals surface area contributed by atoms with Crippen molar-refractivity contribution >= 4 is 59.2 Å². The molecular weight excluding hydrogens is 881 g/mol. The summed E-state index contributed by atoms with van der Waals surface area (Å²) in [5.74, 6) is 6.02. The van der Waals surface area contributed by atoms with E-state index in [0.717, 1.165) is 83.0 Å². The average Bonchev–Trinajstić information content (AvgIpc) is 4.09. The normalized spacial score (nSPS) is 29.8. The lowest BCUT2D eigenvalue weighted by atomic mass is 9.53. The number of H-pyrrole nitrogens is 2. The number of phenols is 1. The van der Waals surface area contributed by atoms with Gasteiger partial charge in [0, 0.05) is 57.4 Å². The molecule has 5 unspecified atom stereocenters. The van der Waals surface area contributed by atoms with Gasteiger partial charge in [-0.25, -0.2) is 4.79 Å². The van der Waals surface area contributed by atoms with Crippen LogP contribution in [0.15, 0.2) is 46.0 Å². The number of esters is 3. The van der Waals surface area contributed by atoms with Crippen LogP contribution < -0.4 is 21.4 Å². The molecule has 3 aromatic rings. The number of carbonyl (C=O) groups is 3. The Hall–Kier alpha value is -6.19. The molecular formula is C58H68N4O8. The molecule has 0 spiro atoms. The van der Waals surface area contributed by atoms with Crippen molar-refractivity contribution in [2.24, 2.45) is 45.0 Å². The fourth-order valence-corrected chi connectivity index (χ4v) is 13.5. The molecule has 3 aliphatic carbocycles. The van der Waals surface area contributed by atoms with Crippen LogP contribution in [0.4, 0.5) is 0 Å². The van der Waals surface area contributed by atoms with Crippen LogP contribution >= 0.6 is 0 Å². The number of rotatable bonds is 10. The third-order valence-corrected chi connectivity index (χ3v) is 17.6. The van der Waals surface area contributed by atoms with Gasteiger partial charge in [0.25, 0.3) is 0 Å². The maximum absolute atomic E-state index is 13.8. The van der Waals surface area contributed by atoms with E-state index in [1.165, 1.54) is 25.3 Å². The largest absolute Gasteiger partial charge is 0.508 e. The monoisotopic (exact) mass is 949 g/mol. The second-order valence-corrected chi connectivity index (χ2v) is 20.8. The van der Waals surface area contributed by atoms with E-state index in [4.69, 9.17) is 24.2 Å². The molecule has 0 amide bonds. The van der Waals surface area contributed by atoms with Crippen LogP contribution in [0.1, 0.15) is 136 Å². The van der Waals surface area contributed by atoms with Crippen molar-refractivity contribution in [3.8, 4) is 17.6 Å². The second-order valence-electron chi connectivity index (χ2n) is 20.8. The number of ether oxygens (including phenoxy) is 3. The van der Waals surface area contributed by atoms with Crippen LogP contribution in [-0.2, 0) is 30.2 Å². The SMILES string of the molecule is C=Cc1c(C)/c2[nH]/c1=C\C1=NC(=C(CC)C1C)/C=c1\[nH]c(c(C(=O)OC)c1C)=C(CC(=O)OC)C1N=C(\C=2)[C@@H](C)[C@@H]1CCC(=O)OCC#CC[C@]1(O)CCC2C3CCc4cc(O)ccc4C3CC[C@@]21C. The number of aliphatic hydroxyl groups is 1. The highest BCUT2D eigenvalue weighted by Crippen LogP contribution is 2.65. The molecule has 2 aromatic heterocycles. The van der Waals surface area contributed by atoms with Gasteiger partial charge in [-0.05, 0) is 153 Å². The summed E-state index contributed by atoms with van der Waals surface area (Å²) in [5, 5.41) is 25.2. The maximum Gasteiger partial charge on any atom is 0.340 e. The van der Waals surface area contributed by atoms with E-state index in [1.54, 1.807) is 0 Å². The first kappa shape index (κ1) is 48.8. The highest BCUT2D eigenvalue weighted by atomic mass is 16.5. The summed E-state index contributed by atoms with van der Waals surface area (Å²) >= 11 is 0. The summed E-state index contributed by atoms with van der Waals surface area (Å²) in [5.41, 5.74) is 8.55. The van der Waals surface area contributed by atoms with Crippen molar-refractivity contribution in [2.75, 3.05) is 20.8 Å². The number of fused-ring (bicyclic) bond motifs is 11. The number of hydrogen-bond acceptors (Lipinski definition) is 10. The third kappa shape index (κ3) is 8.41. The Morgan fingerprint density at radius 2 is 1.71 bits per heavy atom. The molecule has 6 aliphatic rings. The smallest absolute Gasteiger partial charge is 0.340 e. The zero-order valence-electron chi connectivity index (χ0n) is 42.0. The molecule has 2 fully saturated rings. The Morgan fingerprint density at radius 1 is 0.943 bits per heavy atom. The minimum atomic E-state index is -0.927. The van der Waals surface area contributed by atoms with Crippen LogP contribution in [0.3, 0.4) is 0 Å². The Balaban J connectivity index is 0.993. The van der Waals surface area contributed by atoms with Gasteiger partial charge in [0.05, 0.1) is 54.6 Å². The first-order chi connectivity index (χ1) is 33.5. The van der Waals surface area contributed by atoms with Gasteiger partial charge in [0.1, 0.15) is 5.75 Å². The Labute approximate surface area is 410 Å². The lowest BCUT2D eigenvalue weighted by molar-refractivity contribution is -0.142. The van der Waals surface area contributed by atoms with Gasteiger partial charge in [-0.3, -0.25) is 19.6 Å². The van der Waals surface area contributed by atoms with Crippen molar-refractivity contribution in [1.82, 2.24) is 9.97 Å². The molecule has 368 valence electrons. The van der Waals surface area contributed by atoms with Gasteiger partial charge in [0.15, 0.2) is 6.61 Å². The van der Waals surface area contributed by atoms with Gasteiger partial charge in [-0.15, -0.1) is 0 Å². The standard InChI is InChI=1S/C58H68N4O8/c1-10-37-31(3)45-28-47-33(5)39(18-19-51(64)70-25-13-12-22-58(67)24-21-44-42-16-14-35-26-36(63)15-17-40(35)41(42)20-23-57(44,58)7)54(61-47)43(27-52(65)68-8)55-53(56(66)69-9)34(6)48(62-55)30-50-38(11-2)32(4)46(60-50)29-49(37)59-45/h10,15,17,26,28-30,32-33,39,41-42,44,54,59,62-63,67H,1,11,14,16,18-25,27H2,2-9H3/b45-28-,48-30-,49-29-,55-43?/t32?,33-,39-,41?,42?,44?,54?,57-,58-/m0/s1. The summed E-state index contributed by atoms with van der Waals surface area (Å²) < 4.78 is 16.4. The minimum absolute atomic E-state index is 0.0398. The molecule has 12 nitrogen and oxygen atoms in total. The van der Waals surface area contributed by atoms with E-state index < -0.39 is 29.6 Å². The van der Waals surface area contributed by atoms with Crippen LogP contribution in [0.2, 0.25) is 0 Å². The number of allylic oxidation sites excluding steroid dienone is 2. The van der Waals surface area contributed by atoms with E-state index in [9.17, 15) is 24.6 Å². The molecule has 4 N–H and O–H groups in total. The lowest BCUT2D eigenvalue weighted by Gasteiger charge is -2.53. The van der Waals surface area contributed by atoms with E-state index >= 15 is 0 Å². The van der Waals surface area contributed by atoms with Crippen molar-refractivity contribution in [3.05, 3.63) is 90.8 Å². The number of aromatic amines is 2. The predicted octanol–water partition coefficient (Wildman–Crippen LogP) is 6.70. The van der Waals surface area contributed by atoms with Crippen molar-refractivity contribution in [2.45, 2.75) is 130 Å². The number of benzene rings is 1. The molecule has 12 heteroatoms. The molecule has 5 heterocycles. The minimum Gasteiger partial charge on any atom is -0.508 e. The lowest BCUT2D eigenvalue weighted by Crippen LogP contribution is -2.50. The van der Waals surface area contributed by atoms with Crippen LogP contribution in [0, 0.1) is 60.7 Å². The van der Waals surface area contributed by atoms with Crippen molar-refractivity contribution < 1.29 is 38.8 Å². The van der Waals surface area contributed by atoms with Gasteiger partial charge < -0.3 is 34.4 Å². The molecule has 1 aromatic carbocycles. The number of nitrogens with one attached hydrogen (secondary N) is 2. The molecule has 0 radical (unpaired) electrons. The Kier molecular flexibility index (Phi) is 13.4. The van der Waals surface area contributed by atoms with Crippen LogP contribution in [0.25, 0.3) is 29.9 Å². The Bertz CT molecular complexity index is 3100. The summed E-state index contributed by atoms with van der Waals surface area (Å²) in [4.78, 5) is 58.5. The van der Waals surface area contributed by atoms with Gasteiger partial charge in [-0.1, -0.05) is 58.3 Å². The quantitative estimate of drug-likeness (QED) is 0.0987. The highest BCUT2D eigenvalue weighted by molar-refractivity contribution is 6.16. The summed E-state index contributed by atoms with van der Waals surface area (Å²) in [6, 6.07) is 5.20. The summed E-state index contributed by atoms with van der Waals surface area (Å²) in [7, 11) is 2.68. The number of hydrogen-bond donors (Lipinski definition) is 4. The predicted molar refractivity (Wildman–Crippen MR) is 272 cm³/mol. The van der Waals surface area contributed by atoms with Crippen molar-refractivity contribution in [3.63, 3.8) is 0 Å². The van der Waals surface area contributed by atoms with Gasteiger partial charge in [0.2, 0.25) is 0 Å². The van der Waals surface area contributed by atoms with E-state index in [1.807, 2.05) is 44.2 Å². The molecule has 9 atom stereocenters. The van der Waals surface area contributed by atoms with Crippen molar-refractivity contribution in [1.29, 1.82) is 0 Å². The maximum atomic E-state index is 13.8. The molecule has 8 bridgehead atoms. The molecule has 9 rings (SSSR count). The fourth-order valence-electron chi connectivity index (χ4n) is 13.5. The summed E-state index contributed by atoms with van der Waals surface area (Å²) in [6.45, 7) is 16.6. The summed E-state index contributed by atoms with van der Waals surface area (Å²) in [6.07, 6.45) is 14.9. The fraction of sp³-hybridized carbons (Fsp3) is 0.500. The average molecular weight is 949 g/mol. The molecule has 2 saturated carbocycles. The zero-order valence-corrected chi connectivity index (χ0v) is 42.0. The van der Waals surface area contributed by atoms with Gasteiger partial charge in [-0.2, -0.15) is 0 Å². The number of methoxy groups -OCH3 is 2. The number of carbonyl (C=O) groups excluding carboxylic acids is 3. The zero-order chi connectivity index (χ0) is 49.8. The third-order valence-electron chi connectivity index (χ3n) is 17.6. The van der Waals surface area contributed by atoms with E-state index in [2.05, 4.69) is 68.2 Å². The first-order valence-electron chi connectivity index (χ1n) is 25.2. The topological polar surface area (TPSA) is 176 Å². The first-order valence-corrected chi connectivity index (χ1v) is 25.2. The van der Waals surface area contributed by atoms with E-state index in [0.29, 0.717) is 70.2 Å². The number of aliphatic imine (C=N–C) groups is 2. The number of aromatic hydroxyl groups is 1. The second kappa shape index (κ2) is 19.2. The molecule has 3 aliphatic heterocycles.